The summed E-state index contributed by atoms with van der Waals surface area (Å²) < 4.78 is 31.9. The molecule has 1 aliphatic heterocycles. The minimum atomic E-state index is -0.590. The summed E-state index contributed by atoms with van der Waals surface area (Å²) in [7, 11) is 1.80. The molecule has 2 rings (SSSR count). The molecule has 82 valence electrons. The van der Waals surface area contributed by atoms with E-state index in [0.717, 1.165) is 6.07 Å². The zero-order valence-electron chi connectivity index (χ0n) is 8.57. The molecule has 0 unspecified atom stereocenters. The molecule has 0 saturated carbocycles. The second-order valence-corrected chi connectivity index (χ2v) is 3.58. The van der Waals surface area contributed by atoms with Gasteiger partial charge in [0.1, 0.15) is 5.82 Å². The van der Waals surface area contributed by atoms with E-state index in [1.165, 1.54) is 0 Å². The molecule has 1 aliphatic rings. The zero-order valence-corrected chi connectivity index (χ0v) is 8.57. The maximum Gasteiger partial charge on any atom is 0.168 e. The highest BCUT2D eigenvalue weighted by Gasteiger charge is 2.23. The molecule has 2 nitrogen and oxygen atoms in total. The van der Waals surface area contributed by atoms with Crippen LogP contribution < -0.4 is 10.1 Å². The van der Waals surface area contributed by atoms with Crippen molar-refractivity contribution in [3.63, 3.8) is 0 Å². The van der Waals surface area contributed by atoms with Crippen LogP contribution in [-0.2, 0) is 12.8 Å². The van der Waals surface area contributed by atoms with Gasteiger partial charge < -0.3 is 10.1 Å². The number of hydrogen-bond donors (Lipinski definition) is 1. The van der Waals surface area contributed by atoms with Gasteiger partial charge in [0.15, 0.2) is 11.6 Å². The number of fused-ring (bicyclic) bond motifs is 1. The van der Waals surface area contributed by atoms with Gasteiger partial charge in [0.2, 0.25) is 0 Å². The van der Waals surface area contributed by atoms with Gasteiger partial charge in [0.25, 0.3) is 0 Å². The molecule has 0 aliphatic carbocycles. The zero-order chi connectivity index (χ0) is 10.8. The number of hydrogen-bond acceptors (Lipinski definition) is 2. The van der Waals surface area contributed by atoms with Crippen molar-refractivity contribution in [2.45, 2.75) is 12.8 Å². The van der Waals surface area contributed by atoms with Crippen LogP contribution in [-0.4, -0.2) is 20.2 Å². The van der Waals surface area contributed by atoms with Gasteiger partial charge in [-0.05, 0) is 25.6 Å². The Balaban J connectivity index is 2.40. The molecule has 1 aromatic rings. The summed E-state index contributed by atoms with van der Waals surface area (Å²) in [5.74, 6) is -0.817. The molecule has 0 atom stereocenters. The van der Waals surface area contributed by atoms with Crippen molar-refractivity contribution in [3.05, 3.63) is 28.8 Å². The van der Waals surface area contributed by atoms with E-state index in [2.05, 4.69) is 5.32 Å². The minimum Gasteiger partial charge on any atom is -0.490 e. The van der Waals surface area contributed by atoms with Crippen LogP contribution in [0.4, 0.5) is 8.78 Å². The van der Waals surface area contributed by atoms with Gasteiger partial charge in [-0.1, -0.05) is 0 Å². The van der Waals surface area contributed by atoms with Gasteiger partial charge in [-0.15, -0.1) is 0 Å². The van der Waals surface area contributed by atoms with E-state index in [4.69, 9.17) is 4.74 Å². The first-order valence-electron chi connectivity index (χ1n) is 5.01. The fourth-order valence-electron chi connectivity index (χ4n) is 1.89. The molecule has 15 heavy (non-hydrogen) atoms. The second-order valence-electron chi connectivity index (χ2n) is 3.58. The van der Waals surface area contributed by atoms with Crippen LogP contribution >= 0.6 is 0 Å². The SMILES string of the molecule is CNCCc1c(F)cc(F)c2c1CCO2. The predicted octanol–water partition coefficient (Wildman–Crippen LogP) is 1.66. The third-order valence-electron chi connectivity index (χ3n) is 2.62. The van der Waals surface area contributed by atoms with E-state index in [9.17, 15) is 8.78 Å². The van der Waals surface area contributed by atoms with Crippen LogP contribution in [0.25, 0.3) is 0 Å². The summed E-state index contributed by atoms with van der Waals surface area (Å²) in [5, 5.41) is 2.95. The Labute approximate surface area is 87.2 Å². The van der Waals surface area contributed by atoms with Crippen LogP contribution in [0.15, 0.2) is 6.07 Å². The first-order chi connectivity index (χ1) is 7.24. The lowest BCUT2D eigenvalue weighted by atomic mass is 10.0. The van der Waals surface area contributed by atoms with Crippen molar-refractivity contribution in [2.75, 3.05) is 20.2 Å². The fourth-order valence-corrected chi connectivity index (χ4v) is 1.89. The third kappa shape index (κ3) is 1.81. The Hall–Kier alpha value is -1.16. The summed E-state index contributed by atoms with van der Waals surface area (Å²) in [6.45, 7) is 1.12. The van der Waals surface area contributed by atoms with Gasteiger partial charge in [-0.25, -0.2) is 8.78 Å². The van der Waals surface area contributed by atoms with Crippen molar-refractivity contribution < 1.29 is 13.5 Å². The number of nitrogens with one attached hydrogen (secondary N) is 1. The maximum absolute atomic E-state index is 13.5. The smallest absolute Gasteiger partial charge is 0.168 e. The molecule has 0 amide bonds. The number of benzene rings is 1. The maximum atomic E-state index is 13.5. The topological polar surface area (TPSA) is 21.3 Å². The lowest BCUT2D eigenvalue weighted by Crippen LogP contribution is -2.12. The van der Waals surface area contributed by atoms with Gasteiger partial charge >= 0.3 is 0 Å². The molecule has 0 spiro atoms. The molecule has 0 radical (unpaired) electrons. The molecule has 1 N–H and O–H groups in total. The molecule has 0 fully saturated rings. The van der Waals surface area contributed by atoms with E-state index in [0.29, 0.717) is 37.1 Å². The van der Waals surface area contributed by atoms with Crippen LogP contribution in [0.2, 0.25) is 0 Å². The first-order valence-corrected chi connectivity index (χ1v) is 5.01. The number of rotatable bonds is 3. The molecular formula is C11H13F2NO. The summed E-state index contributed by atoms with van der Waals surface area (Å²) in [6.07, 6.45) is 1.16. The average molecular weight is 213 g/mol. The fraction of sp³-hybridized carbons (Fsp3) is 0.455. The highest BCUT2D eigenvalue weighted by atomic mass is 19.1. The second kappa shape index (κ2) is 4.14. The van der Waals surface area contributed by atoms with Gasteiger partial charge in [0.05, 0.1) is 6.61 Å². The lowest BCUT2D eigenvalue weighted by molar-refractivity contribution is 0.338. The van der Waals surface area contributed by atoms with Gasteiger partial charge in [0, 0.05) is 18.1 Å². The minimum absolute atomic E-state index is 0.238. The van der Waals surface area contributed by atoms with Gasteiger partial charge in [-0.3, -0.25) is 0 Å². The van der Waals surface area contributed by atoms with Crippen LogP contribution in [0.1, 0.15) is 11.1 Å². The number of likely N-dealkylation sites (N-methyl/N-ethyl adjacent to an activating group) is 1. The van der Waals surface area contributed by atoms with E-state index in [1.54, 1.807) is 7.05 Å². The Morgan fingerprint density at radius 2 is 2.20 bits per heavy atom. The van der Waals surface area contributed by atoms with Crippen molar-refractivity contribution in [1.82, 2.24) is 5.32 Å². The molecule has 1 aromatic carbocycles. The summed E-state index contributed by atoms with van der Waals surface area (Å²) >= 11 is 0. The highest BCUT2D eigenvalue weighted by Crippen LogP contribution is 2.33. The van der Waals surface area contributed by atoms with Gasteiger partial charge in [-0.2, -0.15) is 0 Å². The molecule has 0 saturated heterocycles. The Bertz CT molecular complexity index is 379. The van der Waals surface area contributed by atoms with Crippen LogP contribution in [0, 0.1) is 11.6 Å². The first kappa shape index (κ1) is 10.4. The normalized spacial score (nSPS) is 13.8. The molecule has 0 aromatic heterocycles. The van der Waals surface area contributed by atoms with Crippen LogP contribution in [0.5, 0.6) is 5.75 Å². The van der Waals surface area contributed by atoms with E-state index >= 15 is 0 Å². The quantitative estimate of drug-likeness (QED) is 0.824. The molecular weight excluding hydrogens is 200 g/mol. The van der Waals surface area contributed by atoms with Crippen LogP contribution in [0.3, 0.4) is 0 Å². The van der Waals surface area contributed by atoms with E-state index < -0.39 is 11.6 Å². The lowest BCUT2D eigenvalue weighted by Gasteiger charge is -2.09. The Morgan fingerprint density at radius 1 is 1.40 bits per heavy atom. The number of halogens is 2. The van der Waals surface area contributed by atoms with Crippen molar-refractivity contribution >= 4 is 0 Å². The molecule has 1 heterocycles. The third-order valence-corrected chi connectivity index (χ3v) is 2.62. The van der Waals surface area contributed by atoms with Crippen molar-refractivity contribution in [2.24, 2.45) is 0 Å². The van der Waals surface area contributed by atoms with Crippen molar-refractivity contribution in [1.29, 1.82) is 0 Å². The Morgan fingerprint density at radius 3 is 2.93 bits per heavy atom. The summed E-state index contributed by atoms with van der Waals surface area (Å²) in [4.78, 5) is 0. The summed E-state index contributed by atoms with van der Waals surface area (Å²) in [6, 6.07) is 0.912. The average Bonchev–Trinajstić information content (AvgIpc) is 2.66. The standard InChI is InChI=1S/C11H13F2NO/c1-14-4-2-7-8-3-5-15-11(8)10(13)6-9(7)12/h6,14H,2-5H2,1H3. The highest BCUT2D eigenvalue weighted by molar-refractivity contribution is 5.45. The monoisotopic (exact) mass is 213 g/mol. The van der Waals surface area contributed by atoms with E-state index in [-0.39, 0.29) is 5.75 Å². The Kier molecular flexibility index (Phi) is 2.86. The predicted molar refractivity (Wildman–Crippen MR) is 53.2 cm³/mol. The molecule has 4 heteroatoms. The molecule has 0 bridgehead atoms. The van der Waals surface area contributed by atoms with E-state index in [1.807, 2.05) is 0 Å². The summed E-state index contributed by atoms with van der Waals surface area (Å²) in [5.41, 5.74) is 1.28. The van der Waals surface area contributed by atoms with Crippen molar-refractivity contribution in [3.8, 4) is 5.75 Å². The largest absolute Gasteiger partial charge is 0.490 e. The number of ether oxygens (including phenoxy) is 1.